The second-order valence-electron chi connectivity index (χ2n) is 28.9. The van der Waals surface area contributed by atoms with E-state index in [1.807, 2.05) is 73.6 Å². The number of hydrogen-bond acceptors (Lipinski definition) is 20. The van der Waals surface area contributed by atoms with Crippen LogP contribution in [0.3, 0.4) is 0 Å². The molecule has 8 rings (SSSR count). The third-order valence-corrected chi connectivity index (χ3v) is 22.7. The minimum Gasteiger partial charge on any atom is -0.447 e. The highest BCUT2D eigenvalue weighted by Gasteiger charge is 2.66. The molecule has 542 valence electrons. The number of amides is 9. The molecular formula is C67H98N15O16P. The molecule has 2 saturated heterocycles. The highest BCUT2D eigenvalue weighted by Crippen LogP contribution is 2.63. The molecule has 1 aromatic carbocycles. The van der Waals surface area contributed by atoms with Gasteiger partial charge in [-0.1, -0.05) is 34.6 Å². The lowest BCUT2D eigenvalue weighted by molar-refractivity contribution is -0.124. The molecule has 18 N–H and O–H groups in total. The van der Waals surface area contributed by atoms with Gasteiger partial charge in [-0.3, -0.25) is 62.4 Å². The van der Waals surface area contributed by atoms with Gasteiger partial charge in [-0.05, 0) is 114 Å². The van der Waals surface area contributed by atoms with Gasteiger partial charge in [0, 0.05) is 145 Å². The van der Waals surface area contributed by atoms with Crippen LogP contribution in [-0.4, -0.2) is 152 Å². The topological polar surface area (TPSA) is 507 Å². The standard InChI is InChI=1S/C67H98N15O16P/c1-32-23-43-44(24-33(32)2)82(31-77-43)61-56(91)57(45(96-61)30-95-62(92)75-22-21-74-37(6)83)98-99(93,94)97-34(3)29-76-53(90)19-20-64(9)40(15-18-49(70)86)60-67(12)66(11,28-52(73)89)41(25-50(71)87)55(81-67)36(5)59-65(10,27-51(72)88)38(13-16-47(68)84)42(78-59)26-46-63(7,8)39(14-17-48(69)85)54(79-46)35(4)58(64)80-60/h23-24,26,31,34,38-41,45,56-57,60-61,78,91H,13-22,25,27-30H2,1-12H3,(H2,68,84)(H2,69,85)(H2,70,86)(H2,71,87)(H2,72,88)(H2,73,89)(H,74,83)(H,75,92)(H,76,90)(H,93,94)/b42-26-,54-35-,59-36-/t34-,38-,39-,40+,41-,45-,56-,57-,60-,61+,64-,65+,66+,67-/m1/s1. The molecule has 99 heavy (non-hydrogen) atoms. The van der Waals surface area contributed by atoms with Crippen LogP contribution in [0, 0.1) is 59.2 Å². The van der Waals surface area contributed by atoms with E-state index in [0.717, 1.165) is 11.1 Å². The summed E-state index contributed by atoms with van der Waals surface area (Å²) in [5.41, 5.74) is 36.9. The first-order valence-electron chi connectivity index (χ1n) is 33.4. The van der Waals surface area contributed by atoms with Crippen LogP contribution >= 0.6 is 7.82 Å². The van der Waals surface area contributed by atoms with Gasteiger partial charge in [0.2, 0.25) is 47.3 Å². The van der Waals surface area contributed by atoms with Crippen LogP contribution < -0.4 is 55.7 Å². The highest BCUT2D eigenvalue weighted by atomic mass is 31.2. The third kappa shape index (κ3) is 15.9. The largest absolute Gasteiger partial charge is 0.472 e. The van der Waals surface area contributed by atoms with Crippen LogP contribution in [-0.2, 0) is 61.4 Å². The summed E-state index contributed by atoms with van der Waals surface area (Å²) in [6.45, 7) is 20.6. The number of carbonyl (C=O) groups is 9. The van der Waals surface area contributed by atoms with Crippen molar-refractivity contribution in [2.24, 2.45) is 94.7 Å². The molecule has 6 aliphatic rings. The number of aliphatic hydroxyl groups excluding tert-OH is 1. The molecule has 2 aromatic rings. The fourth-order valence-electron chi connectivity index (χ4n) is 16.0. The van der Waals surface area contributed by atoms with Gasteiger partial charge in [0.1, 0.15) is 24.9 Å². The Morgan fingerprint density at radius 3 is 2.00 bits per heavy atom. The third-order valence-electron chi connectivity index (χ3n) is 21.6. The van der Waals surface area contributed by atoms with E-state index in [9.17, 15) is 57.7 Å². The minimum absolute atomic E-state index is 0.00182. The summed E-state index contributed by atoms with van der Waals surface area (Å²) < 4.78 is 38.5. The number of nitrogens with two attached hydrogens (primary N) is 6. The predicted octanol–water partition coefficient (Wildman–Crippen LogP) is 3.03. The highest BCUT2D eigenvalue weighted by molar-refractivity contribution is 7.47. The Hall–Kier alpha value is -8.22. The maximum atomic E-state index is 14.6. The summed E-state index contributed by atoms with van der Waals surface area (Å²) in [6.07, 6.45) is -5.96. The zero-order valence-corrected chi connectivity index (χ0v) is 59.3. The smallest absolute Gasteiger partial charge is 0.447 e. The van der Waals surface area contributed by atoms with Crippen molar-refractivity contribution in [1.82, 2.24) is 30.8 Å². The summed E-state index contributed by atoms with van der Waals surface area (Å²) in [5.74, 6) is -7.73. The number of carbonyl (C=O) groups excluding carboxylic acids is 9. The van der Waals surface area contributed by atoms with Crippen molar-refractivity contribution in [3.8, 4) is 0 Å². The number of aliphatic imine (C=N–C) groups is 3. The number of imidazole rings is 1. The van der Waals surface area contributed by atoms with Crippen molar-refractivity contribution >= 4 is 89.3 Å². The van der Waals surface area contributed by atoms with Gasteiger partial charge in [-0.25, -0.2) is 14.3 Å². The van der Waals surface area contributed by atoms with E-state index in [2.05, 4.69) is 26.3 Å². The number of primary amides is 6. The Kier molecular flexibility index (Phi) is 22.8. The number of fused-ring (bicyclic) bond motifs is 7. The monoisotopic (exact) mass is 1400 g/mol. The van der Waals surface area contributed by atoms with Crippen molar-refractivity contribution in [3.63, 3.8) is 0 Å². The molecule has 1 unspecified atom stereocenters. The summed E-state index contributed by atoms with van der Waals surface area (Å²) in [4.78, 5) is 151. The Morgan fingerprint density at radius 1 is 0.768 bits per heavy atom. The fraction of sp³-hybridized carbons (Fsp3) is 0.627. The lowest BCUT2D eigenvalue weighted by atomic mass is 9.55. The lowest BCUT2D eigenvalue weighted by Gasteiger charge is -2.48. The van der Waals surface area contributed by atoms with Crippen molar-refractivity contribution < 1.29 is 76.2 Å². The zero-order chi connectivity index (χ0) is 73.4. The Balaban J connectivity index is 1.16. The number of allylic oxidation sites excluding steroid dienone is 6. The molecule has 1 aromatic heterocycles. The van der Waals surface area contributed by atoms with Crippen molar-refractivity contribution in [1.29, 1.82) is 0 Å². The predicted molar refractivity (Wildman–Crippen MR) is 365 cm³/mol. The summed E-state index contributed by atoms with van der Waals surface area (Å²) in [5, 5.41) is 23.3. The molecular weight excluding hydrogens is 1300 g/mol. The van der Waals surface area contributed by atoms with Crippen LogP contribution in [0.5, 0.6) is 0 Å². The number of hydrogen-bond donors (Lipinski definition) is 12. The number of nitrogens with zero attached hydrogens (tertiary/aromatic N) is 5. The number of rotatable bonds is 30. The number of aryl methyl sites for hydroxylation is 2. The van der Waals surface area contributed by atoms with Crippen molar-refractivity contribution in [2.75, 3.05) is 26.2 Å². The molecule has 15 atom stereocenters. The molecule has 6 aliphatic heterocycles. The number of phosphoric acid groups is 1. The summed E-state index contributed by atoms with van der Waals surface area (Å²) in [6, 6.07) is 2.68. The Morgan fingerprint density at radius 2 is 1.38 bits per heavy atom. The zero-order valence-electron chi connectivity index (χ0n) is 58.4. The molecule has 0 aliphatic carbocycles. The number of aromatic nitrogens is 2. The maximum Gasteiger partial charge on any atom is 0.472 e. The van der Waals surface area contributed by atoms with Gasteiger partial charge in [0.25, 0.3) is 0 Å². The molecule has 8 bridgehead atoms. The number of nitrogens with one attached hydrogen (secondary N) is 4. The molecule has 2 fully saturated rings. The molecule has 0 radical (unpaired) electrons. The SMILES string of the molecule is CC(=O)NCCNC(=O)OC[C@H]1O[C@H](n2cnc3cc(C)c(C)cc32)[C@H](O)[C@@H]1OP(=O)(O)O[C@H](C)CNC(=O)CC[C@@]1(C)C2=N[C@H]([C@@H]1CCC(N)=O)[C@@]1(C)N=C(/C(C)=C3\N/C(=C\C4=NC(=C\2C)/[C@@H](CCC(N)=O)C4(C)C)[C@@H](CCC(N)=O)[C@]3(C)CC(N)=O)[C@@H](CC(N)=O)[C@]1(C)CC(N)=O. The van der Waals surface area contributed by atoms with E-state index < -0.39 is 149 Å². The van der Waals surface area contributed by atoms with Gasteiger partial charge < -0.3 is 79.7 Å². The molecule has 0 saturated carbocycles. The average molecular weight is 1400 g/mol. The number of phosphoric ester groups is 1. The van der Waals surface area contributed by atoms with Crippen molar-refractivity contribution in [3.05, 3.63) is 63.9 Å². The number of alkyl carbamates (subject to hydrolysis) is 1. The van der Waals surface area contributed by atoms with Crippen LogP contribution in [0.25, 0.3) is 11.0 Å². The minimum atomic E-state index is -5.22. The molecule has 7 heterocycles. The first-order chi connectivity index (χ1) is 46.1. The molecule has 31 nitrogen and oxygen atoms in total. The van der Waals surface area contributed by atoms with Crippen molar-refractivity contribution in [2.45, 2.75) is 196 Å². The van der Waals surface area contributed by atoms with Crippen LogP contribution in [0.2, 0.25) is 0 Å². The number of ether oxygens (including phenoxy) is 2. The fourth-order valence-corrected chi connectivity index (χ4v) is 17.2. The normalized spacial score (nSPS) is 32.0. The summed E-state index contributed by atoms with van der Waals surface area (Å²) in [7, 11) is -5.22. The van der Waals surface area contributed by atoms with Crippen LogP contribution in [0.4, 0.5) is 4.79 Å². The maximum absolute atomic E-state index is 14.6. The average Bonchev–Trinajstić information content (AvgIpc) is 1.53. The Labute approximate surface area is 575 Å². The van der Waals surface area contributed by atoms with Gasteiger partial charge in [0.15, 0.2) is 6.23 Å². The molecule has 0 spiro atoms. The van der Waals surface area contributed by atoms with E-state index in [0.29, 0.717) is 56.4 Å². The second-order valence-corrected chi connectivity index (χ2v) is 30.3. The van der Waals surface area contributed by atoms with Crippen LogP contribution in [0.1, 0.15) is 157 Å². The first-order valence-corrected chi connectivity index (χ1v) is 34.9. The van der Waals surface area contributed by atoms with Gasteiger partial charge in [0.05, 0.1) is 35.0 Å². The Bertz CT molecular complexity index is 3860. The van der Waals surface area contributed by atoms with E-state index in [-0.39, 0.29) is 96.2 Å². The van der Waals surface area contributed by atoms with E-state index >= 15 is 0 Å². The van der Waals surface area contributed by atoms with Crippen LogP contribution in [0.15, 0.2) is 67.8 Å². The van der Waals surface area contributed by atoms with Gasteiger partial charge >= 0.3 is 13.9 Å². The van der Waals surface area contributed by atoms with Gasteiger partial charge in [-0.2, -0.15) is 0 Å². The molecule has 32 heteroatoms. The number of aliphatic hydroxyl groups is 1. The number of benzene rings is 1. The second kappa shape index (κ2) is 29.5. The first kappa shape index (κ1) is 76.5. The van der Waals surface area contributed by atoms with E-state index in [1.54, 1.807) is 13.8 Å². The van der Waals surface area contributed by atoms with E-state index in [4.69, 9.17) is 67.9 Å². The van der Waals surface area contributed by atoms with E-state index in [1.165, 1.54) is 24.7 Å². The van der Waals surface area contributed by atoms with Gasteiger partial charge in [-0.15, -0.1) is 0 Å². The molecule has 9 amide bonds. The quantitative estimate of drug-likeness (QED) is 0.0395. The summed E-state index contributed by atoms with van der Waals surface area (Å²) >= 11 is 0. The lowest BCUT2D eigenvalue weighted by Crippen LogP contribution is -2.56.